The minimum Gasteiger partial charge on any atom is -0.466 e. The normalized spacial score (nSPS) is 26.1. The van der Waals surface area contributed by atoms with Crippen molar-refractivity contribution in [2.45, 2.75) is 53.6 Å². The number of allylic oxidation sites excluding steroid dienone is 1. The summed E-state index contributed by atoms with van der Waals surface area (Å²) < 4.78 is 5.32. The number of aliphatic hydroxyl groups is 1. The fraction of sp³-hybridized carbons (Fsp3) is 0.607. The summed E-state index contributed by atoms with van der Waals surface area (Å²) in [6.07, 6.45) is 3.80. The minimum absolute atomic E-state index is 0.0785. The van der Waals surface area contributed by atoms with Crippen LogP contribution in [0.25, 0.3) is 0 Å². The average molecular weight is 500 g/mol. The molecule has 2 aliphatic rings. The zero-order valence-corrected chi connectivity index (χ0v) is 22.3. The van der Waals surface area contributed by atoms with Gasteiger partial charge in [0.15, 0.2) is 0 Å². The fourth-order valence-electron chi connectivity index (χ4n) is 5.68. The van der Waals surface area contributed by atoms with Crippen LogP contribution in [0.15, 0.2) is 36.4 Å². The molecule has 1 heterocycles. The van der Waals surface area contributed by atoms with Gasteiger partial charge < -0.3 is 25.0 Å². The second-order valence-corrected chi connectivity index (χ2v) is 10.0. The van der Waals surface area contributed by atoms with E-state index in [0.717, 1.165) is 18.8 Å². The van der Waals surface area contributed by atoms with Crippen molar-refractivity contribution < 1.29 is 24.2 Å². The molecular weight excluding hydrogens is 458 g/mol. The number of benzene rings is 1. The molecule has 0 spiro atoms. The molecule has 0 radical (unpaired) electrons. The van der Waals surface area contributed by atoms with E-state index in [2.05, 4.69) is 24.1 Å². The molecule has 1 fully saturated rings. The minimum atomic E-state index is -0.842. The monoisotopic (exact) mass is 499 g/mol. The standard InChI is InChI=1S/C28H41N3O5/c1-7-30(8-2)20-13-11-19(12-14-20)29-26(33)25-21-15-10-18(6)23(28(35)36-9-3)24(21)27(34)31(25)22(16-32)17(4)5/h10-15,17-18,21-25,32H,7-9,16H2,1-6H3,(H,29,33)/t18-,21+,22+,23-,24-,25+/m1/s1. The summed E-state index contributed by atoms with van der Waals surface area (Å²) >= 11 is 0. The Hall–Kier alpha value is -2.87. The number of rotatable bonds is 10. The van der Waals surface area contributed by atoms with Crippen molar-refractivity contribution in [3.8, 4) is 0 Å². The largest absolute Gasteiger partial charge is 0.466 e. The molecule has 8 heteroatoms. The van der Waals surface area contributed by atoms with Crippen LogP contribution >= 0.6 is 0 Å². The lowest BCUT2D eigenvalue weighted by Gasteiger charge is -2.35. The molecule has 36 heavy (non-hydrogen) atoms. The predicted octanol–water partition coefficient (Wildman–Crippen LogP) is 3.32. The topological polar surface area (TPSA) is 99.2 Å². The van der Waals surface area contributed by atoms with Gasteiger partial charge in [0.2, 0.25) is 11.8 Å². The number of ether oxygens (including phenoxy) is 1. The molecule has 1 saturated heterocycles. The lowest BCUT2D eigenvalue weighted by Crippen LogP contribution is -2.52. The van der Waals surface area contributed by atoms with Crippen LogP contribution in [-0.4, -0.2) is 66.2 Å². The molecule has 6 atom stereocenters. The van der Waals surface area contributed by atoms with E-state index in [1.54, 1.807) is 6.92 Å². The van der Waals surface area contributed by atoms with E-state index < -0.39 is 35.8 Å². The first-order chi connectivity index (χ1) is 17.2. The van der Waals surface area contributed by atoms with Crippen LogP contribution in [-0.2, 0) is 19.1 Å². The van der Waals surface area contributed by atoms with Crippen LogP contribution in [0.5, 0.6) is 0 Å². The smallest absolute Gasteiger partial charge is 0.310 e. The number of esters is 1. The third-order valence-corrected chi connectivity index (χ3v) is 7.61. The number of nitrogens with zero attached hydrogens (tertiary/aromatic N) is 2. The molecular formula is C28H41N3O5. The molecule has 0 saturated carbocycles. The molecule has 2 amide bonds. The quantitative estimate of drug-likeness (QED) is 0.379. The average Bonchev–Trinajstić information content (AvgIpc) is 3.13. The highest BCUT2D eigenvalue weighted by Crippen LogP contribution is 2.45. The Labute approximate surface area is 214 Å². The molecule has 3 rings (SSSR count). The lowest BCUT2D eigenvalue weighted by atomic mass is 9.70. The number of aliphatic hydroxyl groups excluding tert-OH is 1. The number of carbonyl (C=O) groups excluding carboxylic acids is 3. The maximum atomic E-state index is 13.8. The third kappa shape index (κ3) is 5.28. The van der Waals surface area contributed by atoms with E-state index in [1.165, 1.54) is 4.90 Å². The number of fused-ring (bicyclic) bond motifs is 1. The number of nitrogens with one attached hydrogen (secondary N) is 1. The van der Waals surface area contributed by atoms with E-state index in [0.29, 0.717) is 5.69 Å². The zero-order valence-electron chi connectivity index (χ0n) is 22.3. The van der Waals surface area contributed by atoms with E-state index in [9.17, 15) is 19.5 Å². The Morgan fingerprint density at radius 3 is 2.28 bits per heavy atom. The lowest BCUT2D eigenvalue weighted by molar-refractivity contribution is -0.156. The van der Waals surface area contributed by atoms with Gasteiger partial charge in [-0.05, 0) is 56.9 Å². The number of hydrogen-bond acceptors (Lipinski definition) is 6. The molecule has 0 unspecified atom stereocenters. The molecule has 1 aliphatic carbocycles. The number of carbonyl (C=O) groups is 3. The van der Waals surface area contributed by atoms with Gasteiger partial charge in [0.05, 0.1) is 31.1 Å². The maximum absolute atomic E-state index is 13.8. The molecule has 1 aromatic carbocycles. The Balaban J connectivity index is 1.96. The number of anilines is 2. The fourth-order valence-corrected chi connectivity index (χ4v) is 5.68. The zero-order chi connectivity index (χ0) is 26.6. The van der Waals surface area contributed by atoms with Crippen molar-refractivity contribution in [2.24, 2.45) is 29.6 Å². The first kappa shape index (κ1) is 27.7. The van der Waals surface area contributed by atoms with Gasteiger partial charge in [-0.15, -0.1) is 0 Å². The van der Waals surface area contributed by atoms with Crippen LogP contribution in [0, 0.1) is 29.6 Å². The van der Waals surface area contributed by atoms with Gasteiger partial charge in [-0.2, -0.15) is 0 Å². The Kier molecular flexibility index (Phi) is 9.17. The van der Waals surface area contributed by atoms with Gasteiger partial charge in [0, 0.05) is 30.4 Å². The number of amides is 2. The summed E-state index contributed by atoms with van der Waals surface area (Å²) in [7, 11) is 0. The predicted molar refractivity (Wildman–Crippen MR) is 140 cm³/mol. The van der Waals surface area contributed by atoms with Crippen molar-refractivity contribution in [1.82, 2.24) is 4.90 Å². The summed E-state index contributed by atoms with van der Waals surface area (Å²) in [6.45, 7) is 13.4. The Morgan fingerprint density at radius 1 is 1.11 bits per heavy atom. The summed E-state index contributed by atoms with van der Waals surface area (Å²) in [4.78, 5) is 44.2. The van der Waals surface area contributed by atoms with E-state index in [1.807, 2.05) is 57.2 Å². The van der Waals surface area contributed by atoms with Gasteiger partial charge in [-0.1, -0.05) is 32.9 Å². The highest BCUT2D eigenvalue weighted by Gasteiger charge is 2.58. The van der Waals surface area contributed by atoms with Gasteiger partial charge in [-0.3, -0.25) is 14.4 Å². The van der Waals surface area contributed by atoms with Crippen LogP contribution in [0.1, 0.15) is 41.5 Å². The van der Waals surface area contributed by atoms with Crippen molar-refractivity contribution in [3.63, 3.8) is 0 Å². The third-order valence-electron chi connectivity index (χ3n) is 7.61. The Bertz CT molecular complexity index is 956. The SMILES string of the molecule is CCOC(=O)[C@H]1[C@@H]2C(=O)N([C@@H](CO)C(C)C)[C@H](C(=O)Nc3ccc(N(CC)CC)cc3)[C@H]2C=C[C@H]1C. The Morgan fingerprint density at radius 2 is 1.75 bits per heavy atom. The highest BCUT2D eigenvalue weighted by molar-refractivity contribution is 6.01. The summed E-state index contributed by atoms with van der Waals surface area (Å²) in [5.41, 5.74) is 1.70. The second kappa shape index (κ2) is 11.9. The van der Waals surface area contributed by atoms with Crippen molar-refractivity contribution >= 4 is 29.2 Å². The van der Waals surface area contributed by atoms with E-state index >= 15 is 0 Å². The molecule has 1 aliphatic heterocycles. The van der Waals surface area contributed by atoms with Crippen LogP contribution in [0.3, 0.4) is 0 Å². The molecule has 0 aromatic heterocycles. The van der Waals surface area contributed by atoms with E-state index in [4.69, 9.17) is 4.74 Å². The maximum Gasteiger partial charge on any atom is 0.310 e. The van der Waals surface area contributed by atoms with Crippen molar-refractivity contribution in [3.05, 3.63) is 36.4 Å². The second-order valence-electron chi connectivity index (χ2n) is 10.0. The summed E-state index contributed by atoms with van der Waals surface area (Å²) in [5, 5.41) is 13.2. The molecule has 1 aromatic rings. The first-order valence-electron chi connectivity index (χ1n) is 13.1. The van der Waals surface area contributed by atoms with Gasteiger partial charge in [0.25, 0.3) is 0 Å². The van der Waals surface area contributed by atoms with Gasteiger partial charge in [-0.25, -0.2) is 0 Å². The summed E-state index contributed by atoms with van der Waals surface area (Å²) in [6, 6.07) is 6.26. The van der Waals surface area contributed by atoms with Crippen LogP contribution in [0.2, 0.25) is 0 Å². The van der Waals surface area contributed by atoms with E-state index in [-0.39, 0.29) is 36.9 Å². The van der Waals surface area contributed by atoms with Crippen LogP contribution in [0.4, 0.5) is 11.4 Å². The van der Waals surface area contributed by atoms with Crippen molar-refractivity contribution in [1.29, 1.82) is 0 Å². The van der Waals surface area contributed by atoms with Gasteiger partial charge in [0.1, 0.15) is 6.04 Å². The van der Waals surface area contributed by atoms with Crippen LogP contribution < -0.4 is 10.2 Å². The first-order valence-corrected chi connectivity index (χ1v) is 13.1. The molecule has 2 N–H and O–H groups in total. The van der Waals surface area contributed by atoms with Crippen molar-refractivity contribution in [2.75, 3.05) is 36.5 Å². The number of likely N-dealkylation sites (tertiary alicyclic amines) is 1. The molecule has 0 bridgehead atoms. The summed E-state index contributed by atoms with van der Waals surface area (Å²) in [5.74, 6) is -3.18. The van der Waals surface area contributed by atoms with Gasteiger partial charge >= 0.3 is 5.97 Å². The molecule has 8 nitrogen and oxygen atoms in total. The highest BCUT2D eigenvalue weighted by atomic mass is 16.5. The number of hydrogen-bond donors (Lipinski definition) is 2. The molecule has 198 valence electrons.